The predicted molar refractivity (Wildman–Crippen MR) is 306 cm³/mol. The summed E-state index contributed by atoms with van der Waals surface area (Å²) < 4.78 is 16.7. The van der Waals surface area contributed by atoms with Gasteiger partial charge in [-0.3, -0.25) is 14.4 Å². The van der Waals surface area contributed by atoms with Gasteiger partial charge in [0.15, 0.2) is 6.10 Å². The monoisotopic (exact) mass is 981 g/mol. The van der Waals surface area contributed by atoms with Crippen molar-refractivity contribution in [1.29, 1.82) is 0 Å². The first kappa shape index (κ1) is 66.6. The van der Waals surface area contributed by atoms with E-state index in [2.05, 4.69) is 154 Å². The van der Waals surface area contributed by atoms with Crippen molar-refractivity contribution in [3.05, 3.63) is 134 Å². The van der Waals surface area contributed by atoms with Crippen molar-refractivity contribution < 1.29 is 28.6 Å². The molecule has 71 heavy (non-hydrogen) atoms. The molecule has 0 radical (unpaired) electrons. The van der Waals surface area contributed by atoms with E-state index in [4.69, 9.17) is 14.2 Å². The molecule has 0 heterocycles. The highest BCUT2D eigenvalue weighted by Gasteiger charge is 2.19. The molecule has 1 atom stereocenters. The van der Waals surface area contributed by atoms with E-state index in [1.54, 1.807) is 0 Å². The largest absolute Gasteiger partial charge is 0.462 e. The van der Waals surface area contributed by atoms with Gasteiger partial charge in [-0.2, -0.15) is 0 Å². The fourth-order valence-electron chi connectivity index (χ4n) is 7.41. The first-order valence-electron chi connectivity index (χ1n) is 28.7. The van der Waals surface area contributed by atoms with Gasteiger partial charge in [0.1, 0.15) is 13.2 Å². The van der Waals surface area contributed by atoms with E-state index in [1.165, 1.54) is 51.4 Å². The zero-order valence-corrected chi connectivity index (χ0v) is 45.7. The number of ether oxygens (including phenoxy) is 3. The molecule has 6 nitrogen and oxygen atoms in total. The summed E-state index contributed by atoms with van der Waals surface area (Å²) in [5.74, 6) is -0.943. The van der Waals surface area contributed by atoms with Crippen LogP contribution < -0.4 is 0 Å². The smallest absolute Gasteiger partial charge is 0.306 e. The summed E-state index contributed by atoms with van der Waals surface area (Å²) >= 11 is 0. The fourth-order valence-corrected chi connectivity index (χ4v) is 7.41. The first-order chi connectivity index (χ1) is 35.0. The topological polar surface area (TPSA) is 78.9 Å². The molecular weight excluding hydrogens is 877 g/mol. The molecule has 0 aromatic heterocycles. The van der Waals surface area contributed by atoms with Crippen molar-refractivity contribution in [2.24, 2.45) is 0 Å². The Morgan fingerprint density at radius 2 is 0.549 bits per heavy atom. The van der Waals surface area contributed by atoms with Crippen LogP contribution in [0.3, 0.4) is 0 Å². The van der Waals surface area contributed by atoms with Gasteiger partial charge in [0, 0.05) is 19.3 Å². The molecular formula is C65H104O6. The van der Waals surface area contributed by atoms with Gasteiger partial charge in [-0.05, 0) is 116 Å². The Morgan fingerprint density at radius 1 is 0.296 bits per heavy atom. The molecule has 0 fully saturated rings. The molecule has 400 valence electrons. The molecule has 0 spiro atoms. The third-order valence-electron chi connectivity index (χ3n) is 11.7. The highest BCUT2D eigenvalue weighted by Crippen LogP contribution is 2.13. The molecule has 0 rings (SSSR count). The fraction of sp³-hybridized carbons (Fsp3) is 0.615. The average Bonchev–Trinajstić information content (AvgIpc) is 3.37. The maximum atomic E-state index is 12.8. The van der Waals surface area contributed by atoms with E-state index in [-0.39, 0.29) is 31.1 Å². The summed E-state index contributed by atoms with van der Waals surface area (Å²) in [6.45, 7) is 6.33. The Kier molecular flexibility index (Phi) is 54.5. The summed E-state index contributed by atoms with van der Waals surface area (Å²) in [5, 5.41) is 0. The normalized spacial score (nSPS) is 13.1. The molecule has 0 aromatic carbocycles. The van der Waals surface area contributed by atoms with E-state index in [1.807, 2.05) is 0 Å². The van der Waals surface area contributed by atoms with Crippen LogP contribution in [0.25, 0.3) is 0 Å². The molecule has 0 saturated heterocycles. The number of esters is 3. The van der Waals surface area contributed by atoms with Crippen LogP contribution in [0.2, 0.25) is 0 Å². The summed E-state index contributed by atoms with van der Waals surface area (Å²) in [5.41, 5.74) is 0. The van der Waals surface area contributed by atoms with Gasteiger partial charge in [0.05, 0.1) is 0 Å². The lowest BCUT2D eigenvalue weighted by Gasteiger charge is -2.18. The molecule has 1 unspecified atom stereocenters. The Balaban J connectivity index is 4.25. The molecule has 0 saturated carbocycles. The molecule has 0 amide bonds. The third kappa shape index (κ3) is 56.3. The van der Waals surface area contributed by atoms with Crippen LogP contribution in [-0.4, -0.2) is 37.2 Å². The molecule has 0 aromatic rings. The second-order valence-electron chi connectivity index (χ2n) is 18.4. The van der Waals surface area contributed by atoms with Crippen molar-refractivity contribution in [3.63, 3.8) is 0 Å². The standard InChI is InChI=1S/C65H104O6/c1-4-7-10-13-16-18-20-22-24-26-27-28-29-30-31-32-33-34-35-36-37-39-40-42-44-46-49-52-55-58-64(67)70-61-62(60-69-63(66)57-54-51-48-15-12-9-6-3)71-65(68)59-56-53-50-47-45-43-41-38-25-23-21-19-17-14-11-8-5-2/h7-8,10-11,16-19,22-25,27-28,30-31,33-34,36-37,41,43,62H,4-6,9,12-15,20-21,26,29,32,35,38-40,42,44-61H2,1-3H3/b10-7-,11-8-,18-16-,19-17-,24-22-,25-23-,28-27-,31-30-,34-33-,37-36-,43-41-. The number of hydrogen-bond acceptors (Lipinski definition) is 6. The Bertz CT molecular complexity index is 1550. The number of rotatable bonds is 50. The van der Waals surface area contributed by atoms with E-state index in [0.717, 1.165) is 148 Å². The van der Waals surface area contributed by atoms with Gasteiger partial charge in [-0.15, -0.1) is 0 Å². The van der Waals surface area contributed by atoms with E-state index in [0.29, 0.717) is 19.3 Å². The maximum absolute atomic E-state index is 12.8. The quantitative estimate of drug-likeness (QED) is 0.0262. The van der Waals surface area contributed by atoms with Crippen LogP contribution in [0.4, 0.5) is 0 Å². The maximum Gasteiger partial charge on any atom is 0.306 e. The van der Waals surface area contributed by atoms with Crippen LogP contribution >= 0.6 is 0 Å². The van der Waals surface area contributed by atoms with E-state index < -0.39 is 6.10 Å². The van der Waals surface area contributed by atoms with Crippen LogP contribution in [0.15, 0.2) is 134 Å². The number of carbonyl (C=O) groups is 3. The second kappa shape index (κ2) is 58.1. The van der Waals surface area contributed by atoms with E-state index in [9.17, 15) is 14.4 Å². The van der Waals surface area contributed by atoms with E-state index >= 15 is 0 Å². The molecule has 0 aliphatic heterocycles. The summed E-state index contributed by atoms with van der Waals surface area (Å²) in [6.07, 6.45) is 81.8. The van der Waals surface area contributed by atoms with Crippen LogP contribution in [0.5, 0.6) is 0 Å². The van der Waals surface area contributed by atoms with Crippen molar-refractivity contribution in [1.82, 2.24) is 0 Å². The lowest BCUT2D eigenvalue weighted by atomic mass is 10.1. The van der Waals surface area contributed by atoms with Gasteiger partial charge in [-0.1, -0.05) is 238 Å². The van der Waals surface area contributed by atoms with Gasteiger partial charge in [-0.25, -0.2) is 0 Å². The Labute approximate surface area is 436 Å². The summed E-state index contributed by atoms with van der Waals surface area (Å²) in [6, 6.07) is 0. The highest BCUT2D eigenvalue weighted by molar-refractivity contribution is 5.71. The molecule has 0 N–H and O–H groups in total. The molecule has 0 aliphatic rings. The average molecular weight is 982 g/mol. The lowest BCUT2D eigenvalue weighted by molar-refractivity contribution is -0.167. The zero-order chi connectivity index (χ0) is 51.4. The third-order valence-corrected chi connectivity index (χ3v) is 11.7. The minimum atomic E-state index is -0.797. The van der Waals surface area contributed by atoms with Gasteiger partial charge < -0.3 is 14.2 Å². The molecule has 6 heteroatoms. The zero-order valence-electron chi connectivity index (χ0n) is 45.7. The molecule has 0 bridgehead atoms. The Hall–Kier alpha value is -4.45. The van der Waals surface area contributed by atoms with Gasteiger partial charge in [0.25, 0.3) is 0 Å². The van der Waals surface area contributed by atoms with Gasteiger partial charge in [0.2, 0.25) is 0 Å². The van der Waals surface area contributed by atoms with Crippen molar-refractivity contribution >= 4 is 17.9 Å². The number of hydrogen-bond donors (Lipinski definition) is 0. The predicted octanol–water partition coefficient (Wildman–Crippen LogP) is 19.4. The number of unbranched alkanes of at least 4 members (excludes halogenated alkanes) is 17. The van der Waals surface area contributed by atoms with Crippen molar-refractivity contribution in [2.45, 2.75) is 245 Å². The Morgan fingerprint density at radius 3 is 0.859 bits per heavy atom. The minimum absolute atomic E-state index is 0.0948. The van der Waals surface area contributed by atoms with Crippen LogP contribution in [-0.2, 0) is 28.6 Å². The minimum Gasteiger partial charge on any atom is -0.462 e. The SMILES string of the molecule is CC/C=C\C/C=C\C/C=C\C/C=C\C/C=C\C/C=C\C/C=C\CCCCCCCCCC(=O)OCC(COC(=O)CCCCCCCCC)OC(=O)CCCCCC/C=C\C/C=C\C/C=C\C/C=C\CC. The summed E-state index contributed by atoms with van der Waals surface area (Å²) in [7, 11) is 0. The van der Waals surface area contributed by atoms with Crippen molar-refractivity contribution in [2.75, 3.05) is 13.2 Å². The highest BCUT2D eigenvalue weighted by atomic mass is 16.6. The number of carbonyl (C=O) groups excluding carboxylic acids is 3. The molecule has 0 aliphatic carbocycles. The lowest BCUT2D eigenvalue weighted by Crippen LogP contribution is -2.30. The second-order valence-corrected chi connectivity index (χ2v) is 18.4. The first-order valence-corrected chi connectivity index (χ1v) is 28.7. The van der Waals surface area contributed by atoms with Crippen LogP contribution in [0.1, 0.15) is 239 Å². The van der Waals surface area contributed by atoms with Crippen LogP contribution in [0, 0.1) is 0 Å². The summed E-state index contributed by atoms with van der Waals surface area (Å²) in [4.78, 5) is 37.9. The number of allylic oxidation sites excluding steroid dienone is 22. The van der Waals surface area contributed by atoms with Crippen molar-refractivity contribution in [3.8, 4) is 0 Å². The van der Waals surface area contributed by atoms with Gasteiger partial charge >= 0.3 is 17.9 Å².